The first-order valence-electron chi connectivity index (χ1n) is 6.07. The van der Waals surface area contributed by atoms with Crippen LogP contribution in [0, 0.1) is 6.92 Å². The molecule has 0 saturated carbocycles. The molecule has 0 heterocycles. The van der Waals surface area contributed by atoms with Gasteiger partial charge in [0.1, 0.15) is 0 Å². The Bertz CT molecular complexity index is 583. The normalized spacial score (nSPS) is 11.7. The quantitative estimate of drug-likeness (QED) is 0.603. The number of aryl methyl sites for hydroxylation is 1. The lowest BCUT2D eigenvalue weighted by Gasteiger charge is -2.11. The van der Waals surface area contributed by atoms with Gasteiger partial charge in [-0.15, -0.1) is 0 Å². The second kappa shape index (κ2) is 6.33. The van der Waals surface area contributed by atoms with Gasteiger partial charge in [0.25, 0.3) is 0 Å². The molecule has 0 amide bonds. The van der Waals surface area contributed by atoms with Crippen molar-refractivity contribution >= 4 is 17.7 Å². The number of hydrogen-bond donors (Lipinski definition) is 0. The molecule has 0 spiro atoms. The molecule has 3 heteroatoms. The van der Waals surface area contributed by atoms with Gasteiger partial charge in [-0.2, -0.15) is 4.99 Å². The number of isocyanates is 1. The highest BCUT2D eigenvalue weighted by molar-refractivity contribution is 6.30. The summed E-state index contributed by atoms with van der Waals surface area (Å²) < 4.78 is 0. The first kappa shape index (κ1) is 13.5. The van der Waals surface area contributed by atoms with E-state index >= 15 is 0 Å². The minimum Gasteiger partial charge on any atom is -0.211 e. The molecule has 2 aromatic carbocycles. The molecule has 0 saturated heterocycles. The number of halogens is 1. The van der Waals surface area contributed by atoms with Gasteiger partial charge in [0.2, 0.25) is 6.08 Å². The maximum atomic E-state index is 10.6. The molecule has 96 valence electrons. The summed E-state index contributed by atoms with van der Waals surface area (Å²) in [4.78, 5) is 14.5. The van der Waals surface area contributed by atoms with Crippen LogP contribution in [0.3, 0.4) is 0 Å². The first-order chi connectivity index (χ1) is 9.19. The van der Waals surface area contributed by atoms with Crippen LogP contribution in [0.2, 0.25) is 5.02 Å². The molecule has 0 aliphatic heterocycles. The maximum absolute atomic E-state index is 10.6. The van der Waals surface area contributed by atoms with E-state index in [-0.39, 0.29) is 6.04 Å². The third-order valence-electron chi connectivity index (χ3n) is 3.01. The van der Waals surface area contributed by atoms with Crippen molar-refractivity contribution in [1.29, 1.82) is 0 Å². The fourth-order valence-corrected chi connectivity index (χ4v) is 2.06. The highest BCUT2D eigenvalue weighted by atomic mass is 35.5. The fourth-order valence-electron chi connectivity index (χ4n) is 1.93. The van der Waals surface area contributed by atoms with E-state index in [4.69, 9.17) is 11.6 Å². The SMILES string of the molecule is Cc1ccc(CC(N=C=O)c2ccc(Cl)cc2)cc1. The molecule has 2 aromatic rings. The number of rotatable bonds is 4. The van der Waals surface area contributed by atoms with Crippen LogP contribution >= 0.6 is 11.6 Å². The Morgan fingerprint density at radius 2 is 1.74 bits per heavy atom. The van der Waals surface area contributed by atoms with E-state index in [1.54, 1.807) is 18.2 Å². The van der Waals surface area contributed by atoms with Crippen LogP contribution in [0.15, 0.2) is 53.5 Å². The summed E-state index contributed by atoms with van der Waals surface area (Å²) in [5.74, 6) is 0. The summed E-state index contributed by atoms with van der Waals surface area (Å²) in [6.45, 7) is 2.05. The van der Waals surface area contributed by atoms with E-state index in [1.165, 1.54) is 5.56 Å². The highest BCUT2D eigenvalue weighted by Crippen LogP contribution is 2.23. The van der Waals surface area contributed by atoms with Gasteiger partial charge < -0.3 is 0 Å². The van der Waals surface area contributed by atoms with Crippen molar-refractivity contribution < 1.29 is 4.79 Å². The Kier molecular flexibility index (Phi) is 4.51. The lowest BCUT2D eigenvalue weighted by atomic mass is 9.99. The molecule has 0 bridgehead atoms. The Morgan fingerprint density at radius 1 is 1.11 bits per heavy atom. The number of nitrogens with zero attached hydrogens (tertiary/aromatic N) is 1. The molecule has 2 nitrogen and oxygen atoms in total. The Labute approximate surface area is 117 Å². The van der Waals surface area contributed by atoms with Gasteiger partial charge in [0, 0.05) is 5.02 Å². The van der Waals surface area contributed by atoms with Crippen LogP contribution in [0.4, 0.5) is 0 Å². The molecule has 0 aromatic heterocycles. The van der Waals surface area contributed by atoms with Crippen LogP contribution in [0.5, 0.6) is 0 Å². The predicted molar refractivity (Wildman–Crippen MR) is 77.2 cm³/mol. The van der Waals surface area contributed by atoms with Crippen LogP contribution < -0.4 is 0 Å². The molecular formula is C16H14ClNO. The summed E-state index contributed by atoms with van der Waals surface area (Å²) in [5, 5.41) is 0.674. The van der Waals surface area contributed by atoms with Crippen molar-refractivity contribution in [2.45, 2.75) is 19.4 Å². The van der Waals surface area contributed by atoms with Crippen molar-refractivity contribution in [2.24, 2.45) is 4.99 Å². The molecule has 0 N–H and O–H groups in total. The van der Waals surface area contributed by atoms with E-state index in [2.05, 4.69) is 29.3 Å². The minimum atomic E-state index is -0.211. The van der Waals surface area contributed by atoms with Gasteiger partial charge in [-0.3, -0.25) is 0 Å². The molecular weight excluding hydrogens is 258 g/mol. The third kappa shape index (κ3) is 3.78. The van der Waals surface area contributed by atoms with Crippen LogP contribution in [-0.4, -0.2) is 6.08 Å². The van der Waals surface area contributed by atoms with E-state index in [0.29, 0.717) is 11.4 Å². The number of carbonyl (C=O) groups excluding carboxylic acids is 1. The summed E-state index contributed by atoms with van der Waals surface area (Å²) in [7, 11) is 0. The zero-order valence-electron chi connectivity index (χ0n) is 10.6. The lowest BCUT2D eigenvalue weighted by Crippen LogP contribution is -2.00. The van der Waals surface area contributed by atoms with Gasteiger partial charge >= 0.3 is 0 Å². The fraction of sp³-hybridized carbons (Fsp3) is 0.188. The topological polar surface area (TPSA) is 29.4 Å². The predicted octanol–water partition coefficient (Wildman–Crippen LogP) is 4.27. The van der Waals surface area contributed by atoms with Crippen molar-refractivity contribution in [3.8, 4) is 0 Å². The molecule has 1 atom stereocenters. The molecule has 0 radical (unpaired) electrons. The van der Waals surface area contributed by atoms with Gasteiger partial charge in [-0.1, -0.05) is 53.6 Å². The summed E-state index contributed by atoms with van der Waals surface area (Å²) in [5.41, 5.74) is 3.32. The van der Waals surface area contributed by atoms with E-state index in [9.17, 15) is 4.79 Å². The smallest absolute Gasteiger partial charge is 0.211 e. The second-order valence-corrected chi connectivity index (χ2v) is 4.91. The first-order valence-corrected chi connectivity index (χ1v) is 6.45. The molecule has 19 heavy (non-hydrogen) atoms. The third-order valence-corrected chi connectivity index (χ3v) is 3.26. The van der Waals surface area contributed by atoms with Gasteiger partial charge in [-0.25, -0.2) is 4.79 Å². The minimum absolute atomic E-state index is 0.211. The molecule has 1 unspecified atom stereocenters. The van der Waals surface area contributed by atoms with Gasteiger partial charge in [0.15, 0.2) is 0 Å². The zero-order chi connectivity index (χ0) is 13.7. The lowest BCUT2D eigenvalue weighted by molar-refractivity contribution is 0.557. The average Bonchev–Trinajstić information content (AvgIpc) is 2.42. The van der Waals surface area contributed by atoms with Crippen molar-refractivity contribution in [3.63, 3.8) is 0 Å². The monoisotopic (exact) mass is 271 g/mol. The maximum Gasteiger partial charge on any atom is 0.235 e. The van der Waals surface area contributed by atoms with E-state index in [0.717, 1.165) is 11.1 Å². The molecule has 2 rings (SSSR count). The summed E-state index contributed by atoms with van der Waals surface area (Å²) in [6, 6.07) is 15.4. The van der Waals surface area contributed by atoms with Crippen LogP contribution in [0.25, 0.3) is 0 Å². The number of aliphatic imine (C=N–C) groups is 1. The number of benzene rings is 2. The summed E-state index contributed by atoms with van der Waals surface area (Å²) >= 11 is 5.86. The van der Waals surface area contributed by atoms with Gasteiger partial charge in [-0.05, 0) is 36.6 Å². The van der Waals surface area contributed by atoms with Crippen molar-refractivity contribution in [3.05, 3.63) is 70.2 Å². The molecule has 0 aliphatic carbocycles. The van der Waals surface area contributed by atoms with Crippen molar-refractivity contribution in [1.82, 2.24) is 0 Å². The second-order valence-electron chi connectivity index (χ2n) is 4.48. The Hall–Kier alpha value is -1.89. The Balaban J connectivity index is 2.23. The molecule has 0 aliphatic rings. The average molecular weight is 272 g/mol. The highest BCUT2D eigenvalue weighted by Gasteiger charge is 2.11. The standard InChI is InChI=1S/C16H14ClNO/c1-12-2-4-13(5-3-12)10-16(18-11-19)14-6-8-15(17)9-7-14/h2-9,16H,10H2,1H3. The van der Waals surface area contributed by atoms with E-state index in [1.807, 2.05) is 19.1 Å². The van der Waals surface area contributed by atoms with Crippen molar-refractivity contribution in [2.75, 3.05) is 0 Å². The Morgan fingerprint density at radius 3 is 2.32 bits per heavy atom. The van der Waals surface area contributed by atoms with Crippen LogP contribution in [0.1, 0.15) is 22.7 Å². The molecule has 0 fully saturated rings. The zero-order valence-corrected chi connectivity index (χ0v) is 11.4. The van der Waals surface area contributed by atoms with Gasteiger partial charge in [0.05, 0.1) is 6.04 Å². The summed E-state index contributed by atoms with van der Waals surface area (Å²) in [6.07, 6.45) is 2.33. The van der Waals surface area contributed by atoms with Crippen LogP contribution in [-0.2, 0) is 11.2 Å². The number of hydrogen-bond acceptors (Lipinski definition) is 2. The van der Waals surface area contributed by atoms with E-state index < -0.39 is 0 Å². The largest absolute Gasteiger partial charge is 0.235 e.